The van der Waals surface area contributed by atoms with E-state index in [0.717, 1.165) is 0 Å². The molecule has 0 bridgehead atoms. The highest BCUT2D eigenvalue weighted by Gasteiger charge is 2.39. The molecule has 2 rings (SSSR count). The van der Waals surface area contributed by atoms with Crippen LogP contribution in [0.3, 0.4) is 0 Å². The average Bonchev–Trinajstić information content (AvgIpc) is 2.43. The van der Waals surface area contributed by atoms with Crippen molar-refractivity contribution in [2.75, 3.05) is 24.7 Å². The number of anilines is 1. The van der Waals surface area contributed by atoms with Gasteiger partial charge in [-0.25, -0.2) is 0 Å². The molecule has 0 fully saturated rings. The molecule has 1 atom stereocenters. The predicted molar refractivity (Wildman–Crippen MR) is 68.7 cm³/mol. The van der Waals surface area contributed by atoms with Crippen LogP contribution in [0.1, 0.15) is 17.3 Å². The number of ketones is 1. The average molecular weight is 258 g/mol. The normalized spacial score (nSPS) is 18.1. The summed E-state index contributed by atoms with van der Waals surface area (Å²) in [6, 6.07) is 8.62. The van der Waals surface area contributed by atoms with Gasteiger partial charge in [0.25, 0.3) is 5.91 Å². The molecule has 1 amide bonds. The Labute approximate surface area is 111 Å². The molecule has 1 heterocycles. The number of carbonyl (C=O) groups is 2. The van der Waals surface area contributed by atoms with Crippen LogP contribution in [-0.2, 0) is 9.53 Å². The molecule has 0 radical (unpaired) electrons. The maximum Gasteiger partial charge on any atom is 0.252 e. The summed E-state index contributed by atoms with van der Waals surface area (Å²) in [4.78, 5) is 25.6. The molecule has 5 heteroatoms. The van der Waals surface area contributed by atoms with Gasteiger partial charge >= 0.3 is 0 Å². The van der Waals surface area contributed by atoms with Crippen molar-refractivity contribution in [2.45, 2.75) is 6.92 Å². The molecule has 5 nitrogen and oxygen atoms in total. The first-order valence-corrected chi connectivity index (χ1v) is 6.12. The summed E-state index contributed by atoms with van der Waals surface area (Å²) in [6.07, 6.45) is 0. The lowest BCUT2D eigenvalue weighted by Crippen LogP contribution is -2.45. The lowest BCUT2D eigenvalue weighted by Gasteiger charge is -2.30. The minimum atomic E-state index is -1.24. The third-order valence-corrected chi connectivity index (χ3v) is 3.03. The Morgan fingerprint density at radius 3 is 2.79 bits per heavy atom. The van der Waals surface area contributed by atoms with Crippen LogP contribution in [0, 0.1) is 17.2 Å². The number of fused-ring (bicyclic) bond motifs is 1. The van der Waals surface area contributed by atoms with E-state index in [1.165, 1.54) is 4.90 Å². The topological polar surface area (TPSA) is 70.4 Å². The van der Waals surface area contributed by atoms with Gasteiger partial charge in [0.15, 0.2) is 11.7 Å². The van der Waals surface area contributed by atoms with Crippen LogP contribution in [0.25, 0.3) is 0 Å². The van der Waals surface area contributed by atoms with Crippen LogP contribution < -0.4 is 4.90 Å². The number of carbonyl (C=O) groups excluding carboxylic acids is 2. The van der Waals surface area contributed by atoms with Gasteiger partial charge in [-0.15, -0.1) is 0 Å². The van der Waals surface area contributed by atoms with Gasteiger partial charge in [-0.1, -0.05) is 12.1 Å². The number of amides is 1. The summed E-state index contributed by atoms with van der Waals surface area (Å²) >= 11 is 0. The molecular formula is C14H14N2O3. The molecule has 1 aromatic carbocycles. The summed E-state index contributed by atoms with van der Waals surface area (Å²) in [5, 5.41) is 9.00. The Kier molecular flexibility index (Phi) is 3.93. The highest BCUT2D eigenvalue weighted by atomic mass is 16.5. The zero-order valence-corrected chi connectivity index (χ0v) is 10.6. The summed E-state index contributed by atoms with van der Waals surface area (Å²) in [7, 11) is 0. The van der Waals surface area contributed by atoms with E-state index in [1.54, 1.807) is 30.3 Å². The monoisotopic (exact) mass is 258 g/mol. The summed E-state index contributed by atoms with van der Waals surface area (Å²) in [5.41, 5.74) is 0.980. The van der Waals surface area contributed by atoms with Gasteiger partial charge in [-0.2, -0.15) is 5.26 Å². The lowest BCUT2D eigenvalue weighted by molar-refractivity contribution is -0.120. The van der Waals surface area contributed by atoms with Gasteiger partial charge < -0.3 is 9.64 Å². The minimum absolute atomic E-state index is 0.342. The quantitative estimate of drug-likeness (QED) is 0.604. The fourth-order valence-corrected chi connectivity index (χ4v) is 2.10. The van der Waals surface area contributed by atoms with Crippen molar-refractivity contribution in [2.24, 2.45) is 5.92 Å². The zero-order chi connectivity index (χ0) is 13.8. The second kappa shape index (κ2) is 5.63. The van der Waals surface area contributed by atoms with Crippen LogP contribution >= 0.6 is 0 Å². The van der Waals surface area contributed by atoms with E-state index in [2.05, 4.69) is 0 Å². The van der Waals surface area contributed by atoms with Gasteiger partial charge in [0, 0.05) is 18.7 Å². The standard InChI is InChI=1S/C14H14N2O3/c1-2-19-8-7-16-12-6-4-3-5-10(12)13(17)11(9-15)14(16)18/h3-6,11H,2,7-8H2,1H3. The number of para-hydroxylation sites is 1. The number of hydrogen-bond donors (Lipinski definition) is 0. The SMILES string of the molecule is CCOCCN1C(=O)C(C#N)C(=O)c2ccccc21. The maximum absolute atomic E-state index is 12.2. The third-order valence-electron chi connectivity index (χ3n) is 3.03. The molecule has 98 valence electrons. The molecule has 0 spiro atoms. The van der Waals surface area contributed by atoms with Gasteiger partial charge in [-0.05, 0) is 19.1 Å². The molecule has 1 aliphatic heterocycles. The lowest BCUT2D eigenvalue weighted by atomic mass is 9.91. The Morgan fingerprint density at radius 2 is 2.11 bits per heavy atom. The predicted octanol–water partition coefficient (Wildman–Crippen LogP) is 1.39. The molecule has 0 aromatic heterocycles. The zero-order valence-electron chi connectivity index (χ0n) is 10.6. The fourth-order valence-electron chi connectivity index (χ4n) is 2.10. The summed E-state index contributed by atoms with van der Waals surface area (Å²) in [6.45, 7) is 3.15. The second-order valence-corrected chi connectivity index (χ2v) is 4.13. The van der Waals surface area contributed by atoms with Crippen molar-refractivity contribution in [1.29, 1.82) is 5.26 Å². The first-order chi connectivity index (χ1) is 9.20. The minimum Gasteiger partial charge on any atom is -0.380 e. The molecule has 1 unspecified atom stereocenters. The van der Waals surface area contributed by atoms with E-state index in [9.17, 15) is 9.59 Å². The van der Waals surface area contributed by atoms with E-state index in [0.29, 0.717) is 31.0 Å². The molecule has 0 saturated carbocycles. The number of ether oxygens (including phenoxy) is 1. The Morgan fingerprint density at radius 1 is 1.37 bits per heavy atom. The van der Waals surface area contributed by atoms with E-state index in [4.69, 9.17) is 10.00 Å². The number of nitrogens with zero attached hydrogens (tertiary/aromatic N) is 2. The summed E-state index contributed by atoms with van der Waals surface area (Å²) < 4.78 is 5.23. The maximum atomic E-state index is 12.2. The van der Waals surface area contributed by atoms with E-state index >= 15 is 0 Å². The van der Waals surface area contributed by atoms with E-state index < -0.39 is 17.6 Å². The van der Waals surface area contributed by atoms with Crippen molar-refractivity contribution in [3.63, 3.8) is 0 Å². The second-order valence-electron chi connectivity index (χ2n) is 4.13. The van der Waals surface area contributed by atoms with Gasteiger partial charge in [0.2, 0.25) is 0 Å². The molecule has 1 aliphatic rings. The summed E-state index contributed by atoms with van der Waals surface area (Å²) in [5.74, 6) is -2.13. The van der Waals surface area contributed by atoms with Crippen LogP contribution in [0.5, 0.6) is 0 Å². The first kappa shape index (κ1) is 13.2. The largest absolute Gasteiger partial charge is 0.380 e. The van der Waals surface area contributed by atoms with E-state index in [-0.39, 0.29) is 0 Å². The van der Waals surface area contributed by atoms with Crippen LogP contribution in [-0.4, -0.2) is 31.4 Å². The van der Waals surface area contributed by atoms with Crippen molar-refractivity contribution >= 4 is 17.4 Å². The van der Waals surface area contributed by atoms with Crippen molar-refractivity contribution in [3.8, 4) is 6.07 Å². The number of benzene rings is 1. The number of Topliss-reactive ketones (excluding diaryl/α,β-unsaturated/α-hetero) is 1. The number of nitriles is 1. The van der Waals surface area contributed by atoms with Gasteiger partial charge in [-0.3, -0.25) is 9.59 Å². The van der Waals surface area contributed by atoms with Crippen molar-refractivity contribution in [1.82, 2.24) is 0 Å². The Hall–Kier alpha value is -2.19. The Balaban J connectivity index is 2.36. The molecule has 0 aliphatic carbocycles. The first-order valence-electron chi connectivity index (χ1n) is 6.12. The van der Waals surface area contributed by atoms with Gasteiger partial charge in [0.1, 0.15) is 0 Å². The smallest absolute Gasteiger partial charge is 0.252 e. The third kappa shape index (κ3) is 2.35. The highest BCUT2D eigenvalue weighted by Crippen LogP contribution is 2.29. The number of hydrogen-bond acceptors (Lipinski definition) is 4. The van der Waals surface area contributed by atoms with Crippen LogP contribution in [0.15, 0.2) is 24.3 Å². The van der Waals surface area contributed by atoms with Crippen LogP contribution in [0.4, 0.5) is 5.69 Å². The van der Waals surface area contributed by atoms with Crippen molar-refractivity contribution in [3.05, 3.63) is 29.8 Å². The van der Waals surface area contributed by atoms with E-state index in [1.807, 2.05) is 6.92 Å². The number of rotatable bonds is 4. The highest BCUT2D eigenvalue weighted by molar-refractivity contribution is 6.23. The Bertz CT molecular complexity index is 548. The molecule has 0 saturated heterocycles. The molecule has 0 N–H and O–H groups in total. The molecule has 1 aromatic rings. The van der Waals surface area contributed by atoms with Crippen molar-refractivity contribution < 1.29 is 14.3 Å². The molecular weight excluding hydrogens is 244 g/mol. The van der Waals surface area contributed by atoms with Crippen LogP contribution in [0.2, 0.25) is 0 Å². The molecule has 19 heavy (non-hydrogen) atoms. The van der Waals surface area contributed by atoms with Gasteiger partial charge in [0.05, 0.1) is 18.4 Å². The fraction of sp³-hybridized carbons (Fsp3) is 0.357.